The van der Waals surface area contributed by atoms with Crippen molar-refractivity contribution < 1.29 is 14.3 Å². The van der Waals surface area contributed by atoms with Crippen LogP contribution in [0, 0.1) is 0 Å². The van der Waals surface area contributed by atoms with Crippen molar-refractivity contribution in [2.45, 2.75) is 13.0 Å². The highest BCUT2D eigenvalue weighted by Gasteiger charge is 2.16. The average Bonchev–Trinajstić information content (AvgIpc) is 2.27. The zero-order chi connectivity index (χ0) is 12.1. The van der Waals surface area contributed by atoms with Gasteiger partial charge in [0, 0.05) is 6.07 Å². The Hall–Kier alpha value is -2.11. The summed E-state index contributed by atoms with van der Waals surface area (Å²) in [6.45, 7) is 1.49. The van der Waals surface area contributed by atoms with Crippen LogP contribution in [0.25, 0.3) is 0 Å². The van der Waals surface area contributed by atoms with Crippen molar-refractivity contribution in [1.82, 2.24) is 10.3 Å². The number of methoxy groups -OCH3 is 1. The lowest BCUT2D eigenvalue weighted by atomic mass is 10.3. The fourth-order valence-electron chi connectivity index (χ4n) is 1.09. The standard InChI is InChI=1S/C10H12N2O4/c1-6(10(15)16-2)11-9(14)7-4-3-5-8(13)12-7/h3-6H,1-2H3,(H,11,14)(H,12,13)/t6-/m0/s1. The van der Waals surface area contributed by atoms with Crippen molar-refractivity contribution in [2.24, 2.45) is 0 Å². The van der Waals surface area contributed by atoms with Crippen molar-refractivity contribution in [3.63, 3.8) is 0 Å². The molecular formula is C10H12N2O4. The van der Waals surface area contributed by atoms with Crippen LogP contribution in [0.5, 0.6) is 0 Å². The number of amides is 1. The molecule has 0 aromatic carbocycles. The van der Waals surface area contributed by atoms with Crippen molar-refractivity contribution in [1.29, 1.82) is 0 Å². The topological polar surface area (TPSA) is 88.3 Å². The third-order valence-electron chi connectivity index (χ3n) is 1.92. The number of aromatic amines is 1. The molecule has 1 aromatic rings. The summed E-state index contributed by atoms with van der Waals surface area (Å²) < 4.78 is 4.45. The first-order chi connectivity index (χ1) is 7.54. The van der Waals surface area contributed by atoms with Crippen molar-refractivity contribution in [3.8, 4) is 0 Å². The molecule has 6 heteroatoms. The molecule has 0 spiro atoms. The van der Waals surface area contributed by atoms with Crippen LogP contribution in [-0.2, 0) is 9.53 Å². The van der Waals surface area contributed by atoms with Crippen LogP contribution in [0.1, 0.15) is 17.4 Å². The van der Waals surface area contributed by atoms with E-state index in [1.54, 1.807) is 0 Å². The zero-order valence-corrected chi connectivity index (χ0v) is 8.94. The van der Waals surface area contributed by atoms with E-state index in [1.165, 1.54) is 32.2 Å². The Morgan fingerprint density at radius 2 is 2.12 bits per heavy atom. The first-order valence-electron chi connectivity index (χ1n) is 4.62. The van der Waals surface area contributed by atoms with Gasteiger partial charge in [-0.15, -0.1) is 0 Å². The van der Waals surface area contributed by atoms with E-state index >= 15 is 0 Å². The molecule has 1 heterocycles. The number of hydrogen-bond acceptors (Lipinski definition) is 4. The van der Waals surface area contributed by atoms with Gasteiger partial charge in [0.05, 0.1) is 7.11 Å². The van der Waals surface area contributed by atoms with Gasteiger partial charge < -0.3 is 15.0 Å². The molecule has 0 unspecified atom stereocenters. The Bertz CT molecular complexity index is 452. The quantitative estimate of drug-likeness (QED) is 0.688. The molecule has 0 aliphatic rings. The molecule has 0 aliphatic heterocycles. The van der Waals surface area contributed by atoms with Gasteiger partial charge in [0.25, 0.3) is 5.91 Å². The van der Waals surface area contributed by atoms with Crippen LogP contribution >= 0.6 is 0 Å². The van der Waals surface area contributed by atoms with Crippen molar-refractivity contribution in [2.75, 3.05) is 7.11 Å². The highest BCUT2D eigenvalue weighted by molar-refractivity contribution is 5.94. The summed E-state index contributed by atoms with van der Waals surface area (Å²) in [5, 5.41) is 2.39. The second-order valence-electron chi connectivity index (χ2n) is 3.15. The maximum atomic E-state index is 11.5. The molecule has 0 fully saturated rings. The van der Waals surface area contributed by atoms with Gasteiger partial charge in [-0.1, -0.05) is 6.07 Å². The predicted molar refractivity (Wildman–Crippen MR) is 56.0 cm³/mol. The molecular weight excluding hydrogens is 212 g/mol. The number of hydrogen-bond donors (Lipinski definition) is 2. The molecule has 0 aliphatic carbocycles. The van der Waals surface area contributed by atoms with Gasteiger partial charge in [0.15, 0.2) is 0 Å². The maximum absolute atomic E-state index is 11.5. The van der Waals surface area contributed by atoms with Crippen LogP contribution in [0.4, 0.5) is 0 Å². The number of carbonyl (C=O) groups is 2. The second kappa shape index (κ2) is 5.11. The summed E-state index contributed by atoms with van der Waals surface area (Å²) in [5.41, 5.74) is -0.276. The lowest BCUT2D eigenvalue weighted by Crippen LogP contribution is -2.39. The number of nitrogens with one attached hydrogen (secondary N) is 2. The molecule has 0 saturated heterocycles. The SMILES string of the molecule is COC(=O)[C@H](C)NC(=O)c1cccc(=O)[nH]1. The number of rotatable bonds is 3. The second-order valence-corrected chi connectivity index (χ2v) is 3.15. The average molecular weight is 224 g/mol. The first-order valence-corrected chi connectivity index (χ1v) is 4.62. The highest BCUT2D eigenvalue weighted by Crippen LogP contribution is 1.93. The number of carbonyl (C=O) groups excluding carboxylic acids is 2. The lowest BCUT2D eigenvalue weighted by molar-refractivity contribution is -0.142. The minimum absolute atomic E-state index is 0.100. The number of H-pyrrole nitrogens is 1. The Balaban J connectivity index is 2.73. The van der Waals surface area contributed by atoms with Crippen LogP contribution < -0.4 is 10.9 Å². The molecule has 1 rings (SSSR count). The highest BCUT2D eigenvalue weighted by atomic mass is 16.5. The molecule has 1 aromatic heterocycles. The Kier molecular flexibility index (Phi) is 3.82. The van der Waals surface area contributed by atoms with Gasteiger partial charge in [-0.25, -0.2) is 4.79 Å². The smallest absolute Gasteiger partial charge is 0.328 e. The summed E-state index contributed by atoms with van der Waals surface area (Å²) in [6.07, 6.45) is 0. The molecule has 2 N–H and O–H groups in total. The largest absolute Gasteiger partial charge is 0.467 e. The van der Waals surface area contributed by atoms with Gasteiger partial charge in [0.1, 0.15) is 11.7 Å². The lowest BCUT2D eigenvalue weighted by Gasteiger charge is -2.10. The van der Waals surface area contributed by atoms with Crippen LogP contribution in [0.3, 0.4) is 0 Å². The maximum Gasteiger partial charge on any atom is 0.328 e. The number of aromatic nitrogens is 1. The van der Waals surface area contributed by atoms with Crippen molar-refractivity contribution >= 4 is 11.9 Å². The summed E-state index contributed by atoms with van der Waals surface area (Å²) >= 11 is 0. The van der Waals surface area contributed by atoms with Gasteiger partial charge >= 0.3 is 5.97 Å². The summed E-state index contributed by atoms with van der Waals surface area (Å²) in [6, 6.07) is 3.43. The van der Waals surface area contributed by atoms with Gasteiger partial charge in [-0.05, 0) is 13.0 Å². The summed E-state index contributed by atoms with van der Waals surface area (Å²) in [4.78, 5) is 35.9. The molecule has 16 heavy (non-hydrogen) atoms. The van der Waals surface area contributed by atoms with Crippen LogP contribution in [-0.4, -0.2) is 30.0 Å². The van der Waals surface area contributed by atoms with E-state index in [-0.39, 0.29) is 11.3 Å². The normalized spacial score (nSPS) is 11.6. The molecule has 0 bridgehead atoms. The van der Waals surface area contributed by atoms with E-state index in [1.807, 2.05) is 0 Å². The summed E-state index contributed by atoms with van der Waals surface area (Å²) in [5.74, 6) is -1.08. The minimum Gasteiger partial charge on any atom is -0.467 e. The first kappa shape index (κ1) is 12.0. The fraction of sp³-hybridized carbons (Fsp3) is 0.300. The monoisotopic (exact) mass is 224 g/mol. The number of ether oxygens (including phenoxy) is 1. The Labute approximate surface area is 91.6 Å². The van der Waals surface area contributed by atoms with Gasteiger partial charge in [-0.3, -0.25) is 9.59 Å². The Morgan fingerprint density at radius 3 is 2.69 bits per heavy atom. The van der Waals surface area contributed by atoms with Gasteiger partial charge in [0.2, 0.25) is 5.56 Å². The third kappa shape index (κ3) is 2.94. The number of pyridine rings is 1. The fourth-order valence-corrected chi connectivity index (χ4v) is 1.09. The van der Waals surface area contributed by atoms with Crippen LogP contribution in [0.2, 0.25) is 0 Å². The molecule has 0 saturated carbocycles. The van der Waals surface area contributed by atoms with E-state index in [0.717, 1.165) is 0 Å². The van der Waals surface area contributed by atoms with E-state index in [4.69, 9.17) is 0 Å². The zero-order valence-electron chi connectivity index (χ0n) is 8.94. The molecule has 1 amide bonds. The molecule has 0 radical (unpaired) electrons. The molecule has 1 atom stereocenters. The van der Waals surface area contributed by atoms with E-state index < -0.39 is 17.9 Å². The number of esters is 1. The van der Waals surface area contributed by atoms with E-state index in [9.17, 15) is 14.4 Å². The van der Waals surface area contributed by atoms with Crippen molar-refractivity contribution in [3.05, 3.63) is 34.2 Å². The third-order valence-corrected chi connectivity index (χ3v) is 1.92. The molecule has 6 nitrogen and oxygen atoms in total. The van der Waals surface area contributed by atoms with Gasteiger partial charge in [-0.2, -0.15) is 0 Å². The Morgan fingerprint density at radius 1 is 1.44 bits per heavy atom. The van der Waals surface area contributed by atoms with E-state index in [0.29, 0.717) is 0 Å². The predicted octanol–water partition coefficient (Wildman–Crippen LogP) is -0.334. The minimum atomic E-state index is -0.763. The summed E-state index contributed by atoms with van der Waals surface area (Å²) in [7, 11) is 1.23. The molecule has 86 valence electrons. The van der Waals surface area contributed by atoms with E-state index in [2.05, 4.69) is 15.0 Å². The van der Waals surface area contributed by atoms with Crippen LogP contribution in [0.15, 0.2) is 23.0 Å².